The van der Waals surface area contributed by atoms with Crippen molar-refractivity contribution in [1.29, 1.82) is 0 Å². The van der Waals surface area contributed by atoms with Crippen molar-refractivity contribution in [2.24, 2.45) is 23.7 Å². The van der Waals surface area contributed by atoms with Crippen molar-refractivity contribution < 1.29 is 23.9 Å². The predicted molar refractivity (Wildman–Crippen MR) is 79.4 cm³/mol. The summed E-state index contributed by atoms with van der Waals surface area (Å²) in [7, 11) is 0. The molecule has 1 aliphatic heterocycles. The highest BCUT2D eigenvalue weighted by atomic mass is 16.6. The maximum atomic E-state index is 12.5. The summed E-state index contributed by atoms with van der Waals surface area (Å²) in [5, 5.41) is 0. The van der Waals surface area contributed by atoms with E-state index in [-0.39, 0.29) is 35.6 Å². The lowest BCUT2D eigenvalue weighted by atomic mass is 9.80. The van der Waals surface area contributed by atoms with Crippen LogP contribution in [0.25, 0.3) is 0 Å². The van der Waals surface area contributed by atoms with Gasteiger partial charge in [-0.25, -0.2) is 0 Å². The van der Waals surface area contributed by atoms with Gasteiger partial charge in [-0.2, -0.15) is 0 Å². The number of ketones is 1. The summed E-state index contributed by atoms with van der Waals surface area (Å²) in [5.74, 6) is -1.45. The molecule has 5 heteroatoms. The zero-order valence-electron chi connectivity index (χ0n) is 12.8. The second kappa shape index (κ2) is 5.18. The standard InChI is InChI=1S/C18H18O5/c1-9(16(19)10-5-3-2-4-6-10)22-17(20)14-11-7-12-13(8-11)23-18(21)15(12)14/h2-6,9,11-15H,7-8H2,1H3/t9-,11+,12-,13+,14+,15-/m0/s1. The Bertz CT molecular complexity index is 665. The van der Waals surface area contributed by atoms with Gasteiger partial charge in [0.05, 0.1) is 11.8 Å². The first-order chi connectivity index (χ1) is 11.1. The van der Waals surface area contributed by atoms with E-state index in [1.54, 1.807) is 31.2 Å². The van der Waals surface area contributed by atoms with Crippen LogP contribution in [0, 0.1) is 23.7 Å². The molecule has 2 saturated carbocycles. The van der Waals surface area contributed by atoms with Crippen LogP contribution in [0.1, 0.15) is 30.1 Å². The number of rotatable bonds is 4. The first-order valence-electron chi connectivity index (χ1n) is 8.06. The summed E-state index contributed by atoms with van der Waals surface area (Å²) in [5.41, 5.74) is 0.515. The van der Waals surface area contributed by atoms with Crippen LogP contribution in [0.15, 0.2) is 30.3 Å². The number of carbonyl (C=O) groups excluding carboxylic acids is 3. The van der Waals surface area contributed by atoms with Gasteiger partial charge in [0, 0.05) is 11.5 Å². The van der Waals surface area contributed by atoms with Gasteiger partial charge < -0.3 is 9.47 Å². The zero-order chi connectivity index (χ0) is 16.1. The topological polar surface area (TPSA) is 69.7 Å². The fraction of sp³-hybridized carbons (Fsp3) is 0.500. The van der Waals surface area contributed by atoms with Crippen molar-refractivity contribution in [3.63, 3.8) is 0 Å². The molecule has 6 atom stereocenters. The highest BCUT2D eigenvalue weighted by Gasteiger charge is 2.64. The summed E-state index contributed by atoms with van der Waals surface area (Å²) in [6.45, 7) is 1.58. The van der Waals surface area contributed by atoms with E-state index in [9.17, 15) is 14.4 Å². The molecule has 0 unspecified atom stereocenters. The normalized spacial score (nSPS) is 35.0. The molecule has 5 nitrogen and oxygen atoms in total. The lowest BCUT2D eigenvalue weighted by Gasteiger charge is -2.24. The third-order valence-electron chi connectivity index (χ3n) is 5.48. The molecule has 0 N–H and O–H groups in total. The van der Waals surface area contributed by atoms with E-state index in [2.05, 4.69) is 0 Å². The van der Waals surface area contributed by atoms with E-state index < -0.39 is 18.0 Å². The molecule has 0 spiro atoms. The number of ether oxygens (including phenoxy) is 2. The average Bonchev–Trinajstić information content (AvgIpc) is 3.16. The maximum absolute atomic E-state index is 12.5. The highest BCUT2D eigenvalue weighted by Crippen LogP contribution is 2.57. The molecule has 3 fully saturated rings. The Morgan fingerprint density at radius 3 is 2.70 bits per heavy atom. The molecule has 1 saturated heterocycles. The van der Waals surface area contributed by atoms with Gasteiger partial charge in [0.15, 0.2) is 6.10 Å². The van der Waals surface area contributed by atoms with E-state index in [4.69, 9.17) is 9.47 Å². The second-order valence-corrected chi connectivity index (χ2v) is 6.73. The van der Waals surface area contributed by atoms with Crippen LogP contribution in [0.3, 0.4) is 0 Å². The Balaban J connectivity index is 1.46. The van der Waals surface area contributed by atoms with Gasteiger partial charge in [-0.3, -0.25) is 14.4 Å². The van der Waals surface area contributed by atoms with Crippen molar-refractivity contribution in [3.8, 4) is 0 Å². The van der Waals surface area contributed by atoms with E-state index in [1.807, 2.05) is 6.07 Å². The molecule has 1 aromatic carbocycles. The molecule has 1 heterocycles. The molecule has 0 radical (unpaired) electrons. The molecular formula is C18H18O5. The number of carbonyl (C=O) groups is 3. The van der Waals surface area contributed by atoms with Crippen molar-refractivity contribution in [3.05, 3.63) is 35.9 Å². The fourth-order valence-corrected chi connectivity index (χ4v) is 4.47. The van der Waals surface area contributed by atoms with Crippen LogP contribution < -0.4 is 0 Å². The minimum atomic E-state index is -0.850. The lowest BCUT2D eigenvalue weighted by Crippen LogP contribution is -2.36. The van der Waals surface area contributed by atoms with Gasteiger partial charge in [0.2, 0.25) is 5.78 Å². The Hall–Kier alpha value is -2.17. The molecular weight excluding hydrogens is 296 g/mol. The van der Waals surface area contributed by atoms with Crippen LogP contribution in [-0.4, -0.2) is 29.9 Å². The van der Waals surface area contributed by atoms with Gasteiger partial charge in [-0.15, -0.1) is 0 Å². The smallest absolute Gasteiger partial charge is 0.310 e. The fourth-order valence-electron chi connectivity index (χ4n) is 4.47. The van der Waals surface area contributed by atoms with Crippen molar-refractivity contribution in [2.45, 2.75) is 32.0 Å². The molecule has 2 aliphatic carbocycles. The maximum Gasteiger partial charge on any atom is 0.310 e. The number of hydrogen-bond acceptors (Lipinski definition) is 5. The quantitative estimate of drug-likeness (QED) is 0.628. The van der Waals surface area contributed by atoms with E-state index >= 15 is 0 Å². The molecule has 4 rings (SSSR count). The summed E-state index contributed by atoms with van der Waals surface area (Å²) in [6, 6.07) is 8.76. The van der Waals surface area contributed by atoms with E-state index in [0.717, 1.165) is 12.8 Å². The summed E-state index contributed by atoms with van der Waals surface area (Å²) < 4.78 is 10.7. The first-order valence-corrected chi connectivity index (χ1v) is 8.06. The molecule has 1 aromatic rings. The Kier molecular flexibility index (Phi) is 3.25. The van der Waals surface area contributed by atoms with Gasteiger partial charge in [0.1, 0.15) is 6.10 Å². The summed E-state index contributed by atoms with van der Waals surface area (Å²) >= 11 is 0. The molecule has 2 bridgehead atoms. The highest BCUT2D eigenvalue weighted by molar-refractivity contribution is 6.00. The van der Waals surface area contributed by atoms with Gasteiger partial charge >= 0.3 is 11.9 Å². The number of benzene rings is 1. The second-order valence-electron chi connectivity index (χ2n) is 6.73. The van der Waals surface area contributed by atoms with Crippen LogP contribution >= 0.6 is 0 Å². The van der Waals surface area contributed by atoms with E-state index in [1.165, 1.54) is 0 Å². The minimum absolute atomic E-state index is 0.00933. The van der Waals surface area contributed by atoms with Crippen LogP contribution in [-0.2, 0) is 19.1 Å². The minimum Gasteiger partial charge on any atom is -0.462 e. The number of fused-ring (bicyclic) bond motifs is 1. The number of hydrogen-bond donors (Lipinski definition) is 0. The van der Waals surface area contributed by atoms with Crippen molar-refractivity contribution in [1.82, 2.24) is 0 Å². The van der Waals surface area contributed by atoms with Crippen LogP contribution in [0.2, 0.25) is 0 Å². The third kappa shape index (κ3) is 2.18. The molecule has 23 heavy (non-hydrogen) atoms. The van der Waals surface area contributed by atoms with Gasteiger partial charge in [-0.1, -0.05) is 30.3 Å². The van der Waals surface area contributed by atoms with Crippen LogP contribution in [0.5, 0.6) is 0 Å². The summed E-state index contributed by atoms with van der Waals surface area (Å²) in [4.78, 5) is 36.8. The van der Waals surface area contributed by atoms with Crippen molar-refractivity contribution in [2.75, 3.05) is 0 Å². The lowest BCUT2D eigenvalue weighted by molar-refractivity contribution is -0.157. The monoisotopic (exact) mass is 314 g/mol. The summed E-state index contributed by atoms with van der Waals surface area (Å²) in [6.07, 6.45) is 0.734. The third-order valence-corrected chi connectivity index (χ3v) is 5.48. The zero-order valence-corrected chi connectivity index (χ0v) is 12.8. The van der Waals surface area contributed by atoms with E-state index in [0.29, 0.717) is 5.56 Å². The molecule has 3 aliphatic rings. The predicted octanol–water partition coefficient (Wildman–Crippen LogP) is 2.00. The first kappa shape index (κ1) is 14.4. The average molecular weight is 314 g/mol. The van der Waals surface area contributed by atoms with Gasteiger partial charge in [-0.05, 0) is 25.7 Å². The van der Waals surface area contributed by atoms with Crippen molar-refractivity contribution >= 4 is 17.7 Å². The Labute approximate surface area is 134 Å². The Morgan fingerprint density at radius 1 is 1.22 bits per heavy atom. The molecule has 0 aromatic heterocycles. The van der Waals surface area contributed by atoms with Crippen LogP contribution in [0.4, 0.5) is 0 Å². The Morgan fingerprint density at radius 2 is 1.96 bits per heavy atom. The number of Topliss-reactive ketones (excluding diaryl/α,β-unsaturated/α-hetero) is 1. The number of esters is 2. The van der Waals surface area contributed by atoms with Gasteiger partial charge in [0.25, 0.3) is 0 Å². The SMILES string of the molecule is C[C@H](OC(=O)[C@@H]1[C@@H]2C[C@@H]3[C@@H]1C(=O)O[C@@H]3C2)C(=O)c1ccccc1. The largest absolute Gasteiger partial charge is 0.462 e. The molecule has 0 amide bonds. The molecule has 120 valence electrons.